The molecule has 0 fully saturated rings. The van der Waals surface area contributed by atoms with Crippen molar-refractivity contribution < 1.29 is 9.18 Å². The maximum absolute atomic E-state index is 13.3. The highest BCUT2D eigenvalue weighted by Gasteiger charge is 1.99. The quantitative estimate of drug-likeness (QED) is 0.327. The van der Waals surface area contributed by atoms with Crippen LogP contribution in [-0.4, -0.2) is 17.6 Å². The van der Waals surface area contributed by atoms with Crippen molar-refractivity contribution in [3.8, 4) is 0 Å². The van der Waals surface area contributed by atoms with Crippen LogP contribution >= 0.6 is 12.2 Å². The highest BCUT2D eigenvalue weighted by Crippen LogP contribution is 2.07. The van der Waals surface area contributed by atoms with Gasteiger partial charge < -0.3 is 5.32 Å². The van der Waals surface area contributed by atoms with Crippen LogP contribution in [0.15, 0.2) is 30.3 Å². The van der Waals surface area contributed by atoms with Crippen molar-refractivity contribution in [3.63, 3.8) is 0 Å². The van der Waals surface area contributed by atoms with Crippen LogP contribution in [-0.2, 0) is 4.79 Å². The van der Waals surface area contributed by atoms with Crippen molar-refractivity contribution in [2.75, 3.05) is 6.54 Å². The van der Waals surface area contributed by atoms with Crippen molar-refractivity contribution in [2.45, 2.75) is 26.2 Å². The van der Waals surface area contributed by atoms with E-state index in [9.17, 15) is 9.18 Å². The fourth-order valence-electron chi connectivity index (χ4n) is 1.56. The molecule has 114 valence electrons. The lowest BCUT2D eigenvalue weighted by molar-refractivity contribution is -0.116. The third kappa shape index (κ3) is 7.41. The minimum absolute atomic E-state index is 0.355. The lowest BCUT2D eigenvalue weighted by atomic mass is 10.2. The number of amides is 1. The molecule has 0 aliphatic rings. The summed E-state index contributed by atoms with van der Waals surface area (Å²) in [5.41, 5.74) is 5.35. The zero-order valence-electron chi connectivity index (χ0n) is 12.0. The zero-order valence-corrected chi connectivity index (χ0v) is 12.8. The van der Waals surface area contributed by atoms with Gasteiger partial charge in [0.2, 0.25) is 0 Å². The Balaban J connectivity index is 2.28. The van der Waals surface area contributed by atoms with Crippen LogP contribution in [0.25, 0.3) is 6.08 Å². The van der Waals surface area contributed by atoms with E-state index < -0.39 is 5.91 Å². The highest BCUT2D eigenvalue weighted by molar-refractivity contribution is 7.80. The lowest BCUT2D eigenvalue weighted by Crippen LogP contribution is -2.46. The number of nitrogens with one attached hydrogen (secondary N) is 3. The van der Waals surface area contributed by atoms with Gasteiger partial charge in [0.25, 0.3) is 5.91 Å². The molecule has 4 nitrogen and oxygen atoms in total. The molecule has 0 saturated carbocycles. The summed E-state index contributed by atoms with van der Waals surface area (Å²) in [6.45, 7) is 2.89. The first-order valence-corrected chi connectivity index (χ1v) is 7.30. The van der Waals surface area contributed by atoms with Crippen molar-refractivity contribution in [3.05, 3.63) is 41.7 Å². The molecule has 0 aliphatic heterocycles. The van der Waals surface area contributed by atoms with Crippen LogP contribution in [0.3, 0.4) is 0 Å². The van der Waals surface area contributed by atoms with Gasteiger partial charge in [-0.3, -0.25) is 15.6 Å². The molecule has 21 heavy (non-hydrogen) atoms. The van der Waals surface area contributed by atoms with E-state index in [4.69, 9.17) is 12.2 Å². The van der Waals surface area contributed by atoms with Crippen LogP contribution in [0.2, 0.25) is 0 Å². The van der Waals surface area contributed by atoms with Gasteiger partial charge in [-0.15, -0.1) is 0 Å². The van der Waals surface area contributed by atoms with Gasteiger partial charge in [0, 0.05) is 18.2 Å². The molecule has 0 atom stereocenters. The molecule has 1 rings (SSSR count). The summed E-state index contributed by atoms with van der Waals surface area (Å²) >= 11 is 5.00. The maximum atomic E-state index is 13.3. The van der Waals surface area contributed by atoms with Crippen molar-refractivity contribution in [2.24, 2.45) is 0 Å². The van der Waals surface area contributed by atoms with Gasteiger partial charge in [0.15, 0.2) is 5.11 Å². The third-order valence-corrected chi connectivity index (χ3v) is 2.93. The highest BCUT2D eigenvalue weighted by atomic mass is 32.1. The van der Waals surface area contributed by atoms with E-state index in [1.54, 1.807) is 18.2 Å². The molecule has 1 amide bonds. The second-order valence-corrected chi connectivity index (χ2v) is 4.84. The largest absolute Gasteiger partial charge is 0.361 e. The first-order valence-electron chi connectivity index (χ1n) is 6.90. The number of carbonyl (C=O) groups excluding carboxylic acids is 1. The Kier molecular flexibility index (Phi) is 8.04. The molecule has 1 aromatic carbocycles. The van der Waals surface area contributed by atoms with E-state index in [1.165, 1.54) is 18.2 Å². The topological polar surface area (TPSA) is 53.2 Å². The van der Waals surface area contributed by atoms with Crippen LogP contribution < -0.4 is 16.2 Å². The molecular formula is C15H20FN3OS. The first-order chi connectivity index (χ1) is 10.1. The second kappa shape index (κ2) is 9.88. The summed E-state index contributed by atoms with van der Waals surface area (Å²) in [6, 6.07) is 6.23. The summed E-state index contributed by atoms with van der Waals surface area (Å²) in [5.74, 6) is -0.779. The van der Waals surface area contributed by atoms with Gasteiger partial charge in [-0.25, -0.2) is 4.39 Å². The number of hydrogen-bond donors (Lipinski definition) is 3. The van der Waals surface area contributed by atoms with Gasteiger partial charge in [0.1, 0.15) is 5.82 Å². The zero-order chi connectivity index (χ0) is 15.5. The lowest BCUT2D eigenvalue weighted by Gasteiger charge is -2.10. The van der Waals surface area contributed by atoms with E-state index in [1.807, 2.05) is 0 Å². The summed E-state index contributed by atoms with van der Waals surface area (Å²) < 4.78 is 13.3. The minimum Gasteiger partial charge on any atom is -0.361 e. The Morgan fingerprint density at radius 3 is 2.76 bits per heavy atom. The summed E-state index contributed by atoms with van der Waals surface area (Å²) in [6.07, 6.45) is 5.95. The molecule has 0 aliphatic carbocycles. The van der Waals surface area contributed by atoms with E-state index in [0.29, 0.717) is 10.7 Å². The van der Waals surface area contributed by atoms with E-state index in [0.717, 1.165) is 25.8 Å². The molecule has 1 aromatic rings. The van der Waals surface area contributed by atoms with Crippen LogP contribution in [0.5, 0.6) is 0 Å². The number of rotatable bonds is 6. The summed E-state index contributed by atoms with van der Waals surface area (Å²) in [5, 5.41) is 3.34. The number of benzene rings is 1. The Hall–Kier alpha value is -1.95. The fraction of sp³-hybridized carbons (Fsp3) is 0.333. The van der Waals surface area contributed by atoms with Crippen molar-refractivity contribution in [1.29, 1.82) is 0 Å². The van der Waals surface area contributed by atoms with E-state index in [2.05, 4.69) is 23.1 Å². The number of unbranched alkanes of at least 4 members (excludes halogenated alkanes) is 2. The molecule has 3 N–H and O–H groups in total. The molecule has 0 unspecified atom stereocenters. The van der Waals surface area contributed by atoms with Crippen molar-refractivity contribution in [1.82, 2.24) is 16.2 Å². The summed E-state index contributed by atoms with van der Waals surface area (Å²) in [7, 11) is 0. The number of hydrogen-bond acceptors (Lipinski definition) is 2. The molecular weight excluding hydrogens is 289 g/mol. The predicted octanol–water partition coefficient (Wildman–Crippen LogP) is 2.52. The number of carbonyl (C=O) groups is 1. The Bertz CT molecular complexity index is 505. The van der Waals surface area contributed by atoms with Crippen molar-refractivity contribution >= 4 is 29.3 Å². The first kappa shape index (κ1) is 17.1. The van der Waals surface area contributed by atoms with E-state index >= 15 is 0 Å². The number of halogens is 1. The molecule has 6 heteroatoms. The SMILES string of the molecule is CCCCCNC(=S)NNC(=O)/C=C/c1ccccc1F. The van der Waals surface area contributed by atoms with Gasteiger partial charge in [0.05, 0.1) is 0 Å². The fourth-order valence-corrected chi connectivity index (χ4v) is 1.71. The average Bonchev–Trinajstić information content (AvgIpc) is 2.48. The van der Waals surface area contributed by atoms with Crippen LogP contribution in [0, 0.1) is 5.82 Å². The third-order valence-electron chi connectivity index (χ3n) is 2.68. The smallest absolute Gasteiger partial charge is 0.262 e. The van der Waals surface area contributed by atoms with E-state index in [-0.39, 0.29) is 5.82 Å². The van der Waals surface area contributed by atoms with Crippen LogP contribution in [0.4, 0.5) is 4.39 Å². The van der Waals surface area contributed by atoms with Crippen LogP contribution in [0.1, 0.15) is 31.7 Å². The van der Waals surface area contributed by atoms with Gasteiger partial charge >= 0.3 is 0 Å². The molecule has 0 heterocycles. The monoisotopic (exact) mass is 309 g/mol. The Labute approximate surface area is 129 Å². The molecule has 0 bridgehead atoms. The normalized spacial score (nSPS) is 10.4. The molecule has 0 radical (unpaired) electrons. The molecule has 0 aromatic heterocycles. The average molecular weight is 309 g/mol. The molecule has 0 saturated heterocycles. The second-order valence-electron chi connectivity index (χ2n) is 4.43. The summed E-state index contributed by atoms with van der Waals surface area (Å²) in [4.78, 5) is 11.5. The molecule has 0 spiro atoms. The predicted molar refractivity (Wildman–Crippen MR) is 86.8 cm³/mol. The number of hydrazine groups is 1. The van der Waals surface area contributed by atoms with Gasteiger partial charge in [-0.1, -0.05) is 38.0 Å². The van der Waals surface area contributed by atoms with Gasteiger partial charge in [-0.05, 0) is 30.8 Å². The Morgan fingerprint density at radius 2 is 2.05 bits per heavy atom. The Morgan fingerprint density at radius 1 is 1.29 bits per heavy atom. The van der Waals surface area contributed by atoms with Gasteiger partial charge in [-0.2, -0.15) is 0 Å². The number of thiocarbonyl (C=S) groups is 1. The maximum Gasteiger partial charge on any atom is 0.262 e. The minimum atomic E-state index is -0.407. The standard InChI is InChI=1S/C15H20FN3OS/c1-2-3-6-11-17-15(21)19-18-14(20)10-9-12-7-4-5-8-13(12)16/h4-5,7-10H,2-3,6,11H2,1H3,(H,18,20)(H2,17,19,21)/b10-9+.